The molecule has 1 fully saturated rings. The summed E-state index contributed by atoms with van der Waals surface area (Å²) in [6, 6.07) is 7.32. The lowest BCUT2D eigenvalue weighted by Gasteiger charge is -2.12. The number of ether oxygens (including phenoxy) is 3. The summed E-state index contributed by atoms with van der Waals surface area (Å²) < 4.78 is 16.6. The van der Waals surface area contributed by atoms with Crippen LogP contribution in [0.15, 0.2) is 23.8 Å². The number of hydrogen-bond donors (Lipinski definition) is 1. The number of rotatable bonds is 9. The van der Waals surface area contributed by atoms with Gasteiger partial charge in [-0.05, 0) is 49.0 Å². The molecule has 27 heavy (non-hydrogen) atoms. The van der Waals surface area contributed by atoms with Crippen LogP contribution in [0, 0.1) is 17.2 Å². The molecule has 0 spiro atoms. The van der Waals surface area contributed by atoms with Crippen molar-refractivity contribution in [3.05, 3.63) is 29.3 Å². The highest BCUT2D eigenvalue weighted by Gasteiger charge is 2.17. The fraction of sp³-hybridized carbons (Fsp3) is 0.524. The maximum absolute atomic E-state index is 12.2. The van der Waals surface area contributed by atoms with Gasteiger partial charge in [-0.25, -0.2) is 0 Å². The zero-order chi connectivity index (χ0) is 19.6. The number of amides is 1. The molecule has 1 N–H and O–H groups in total. The maximum Gasteiger partial charge on any atom is 0.262 e. The second-order valence-corrected chi connectivity index (χ2v) is 6.96. The van der Waals surface area contributed by atoms with E-state index in [9.17, 15) is 10.1 Å². The number of nitrogens with zero attached hydrogens (tertiary/aromatic N) is 1. The highest BCUT2D eigenvalue weighted by atomic mass is 16.5. The van der Waals surface area contributed by atoms with E-state index in [4.69, 9.17) is 14.2 Å². The fourth-order valence-electron chi connectivity index (χ4n) is 2.72. The van der Waals surface area contributed by atoms with Crippen LogP contribution in [-0.2, 0) is 9.53 Å². The molecule has 0 radical (unpaired) electrons. The average Bonchev–Trinajstić information content (AvgIpc) is 3.18. The quantitative estimate of drug-likeness (QED) is 0.531. The summed E-state index contributed by atoms with van der Waals surface area (Å²) in [4.78, 5) is 12.2. The zero-order valence-corrected chi connectivity index (χ0v) is 16.3. The summed E-state index contributed by atoms with van der Waals surface area (Å²) in [6.45, 7) is 6.04. The largest absolute Gasteiger partial charge is 0.493 e. The summed E-state index contributed by atoms with van der Waals surface area (Å²) in [5.74, 6) is 1.38. The van der Waals surface area contributed by atoms with Crippen LogP contribution in [0.3, 0.4) is 0 Å². The first kappa shape index (κ1) is 20.8. The number of carbonyl (C=O) groups is 1. The molecule has 1 amide bonds. The predicted octanol–water partition coefficient (Wildman–Crippen LogP) is 3.32. The molecule has 1 heterocycles. The summed E-state index contributed by atoms with van der Waals surface area (Å²) in [7, 11) is 1.57. The van der Waals surface area contributed by atoms with Crippen molar-refractivity contribution in [3.8, 4) is 17.6 Å². The fourth-order valence-corrected chi connectivity index (χ4v) is 2.72. The third kappa shape index (κ3) is 6.61. The molecule has 6 heteroatoms. The van der Waals surface area contributed by atoms with Crippen LogP contribution in [0.4, 0.5) is 0 Å². The molecule has 1 aromatic carbocycles. The van der Waals surface area contributed by atoms with Gasteiger partial charge >= 0.3 is 0 Å². The van der Waals surface area contributed by atoms with Crippen molar-refractivity contribution in [2.24, 2.45) is 5.92 Å². The number of methoxy groups -OCH3 is 1. The van der Waals surface area contributed by atoms with Gasteiger partial charge in [0.15, 0.2) is 11.5 Å². The van der Waals surface area contributed by atoms with Gasteiger partial charge in [0.1, 0.15) is 11.6 Å². The molecule has 146 valence electrons. The van der Waals surface area contributed by atoms with Crippen LogP contribution in [0.2, 0.25) is 0 Å². The summed E-state index contributed by atoms with van der Waals surface area (Å²) >= 11 is 0. The lowest BCUT2D eigenvalue weighted by atomic mass is 10.1. The molecule has 1 atom stereocenters. The Morgan fingerprint density at radius 1 is 1.44 bits per heavy atom. The Hall–Kier alpha value is -2.52. The molecular formula is C21H28N2O4. The molecule has 0 bridgehead atoms. The maximum atomic E-state index is 12.2. The minimum atomic E-state index is -0.399. The van der Waals surface area contributed by atoms with Crippen LogP contribution in [0.1, 0.15) is 38.7 Å². The topological polar surface area (TPSA) is 80.6 Å². The van der Waals surface area contributed by atoms with E-state index in [2.05, 4.69) is 19.2 Å². The lowest BCUT2D eigenvalue weighted by Crippen LogP contribution is -2.32. The molecular weight excluding hydrogens is 344 g/mol. The second kappa shape index (κ2) is 10.6. The third-order valence-corrected chi connectivity index (χ3v) is 4.33. The molecule has 0 unspecified atom stereocenters. The van der Waals surface area contributed by atoms with Gasteiger partial charge in [0.05, 0.1) is 19.8 Å². The lowest BCUT2D eigenvalue weighted by molar-refractivity contribution is -0.117. The van der Waals surface area contributed by atoms with Crippen molar-refractivity contribution < 1.29 is 19.0 Å². The van der Waals surface area contributed by atoms with Crippen LogP contribution >= 0.6 is 0 Å². The summed E-state index contributed by atoms with van der Waals surface area (Å²) in [6.07, 6.45) is 4.48. The number of benzene rings is 1. The molecule has 0 aliphatic carbocycles. The molecule has 1 aromatic rings. The van der Waals surface area contributed by atoms with E-state index in [1.807, 2.05) is 6.07 Å². The Balaban J connectivity index is 2.03. The molecule has 1 aliphatic rings. The van der Waals surface area contributed by atoms with Gasteiger partial charge in [0.25, 0.3) is 5.91 Å². The van der Waals surface area contributed by atoms with Crippen molar-refractivity contribution in [3.63, 3.8) is 0 Å². The zero-order valence-electron chi connectivity index (χ0n) is 16.3. The molecule has 0 aromatic heterocycles. The molecule has 6 nitrogen and oxygen atoms in total. The highest BCUT2D eigenvalue weighted by Crippen LogP contribution is 2.29. The Morgan fingerprint density at radius 2 is 2.26 bits per heavy atom. The summed E-state index contributed by atoms with van der Waals surface area (Å²) in [5, 5.41) is 12.1. The second-order valence-electron chi connectivity index (χ2n) is 6.96. The summed E-state index contributed by atoms with van der Waals surface area (Å²) in [5.41, 5.74) is 0.746. The first-order chi connectivity index (χ1) is 13.0. The van der Waals surface area contributed by atoms with Crippen LogP contribution in [0.25, 0.3) is 6.08 Å². The average molecular weight is 372 g/mol. The Kier molecular flexibility index (Phi) is 8.15. The minimum Gasteiger partial charge on any atom is -0.493 e. The molecule has 1 saturated heterocycles. The first-order valence-electron chi connectivity index (χ1n) is 9.36. The molecule has 0 saturated carbocycles. The van der Waals surface area contributed by atoms with Gasteiger partial charge in [0, 0.05) is 13.2 Å². The van der Waals surface area contributed by atoms with Crippen molar-refractivity contribution >= 4 is 12.0 Å². The number of carbonyl (C=O) groups excluding carboxylic acids is 1. The number of nitriles is 1. The van der Waals surface area contributed by atoms with E-state index in [1.54, 1.807) is 31.4 Å². The van der Waals surface area contributed by atoms with Crippen molar-refractivity contribution in [1.29, 1.82) is 5.26 Å². The van der Waals surface area contributed by atoms with E-state index in [0.29, 0.717) is 36.1 Å². The minimum absolute atomic E-state index is 0.0382. The van der Waals surface area contributed by atoms with E-state index >= 15 is 0 Å². The van der Waals surface area contributed by atoms with Crippen LogP contribution in [-0.4, -0.2) is 38.9 Å². The van der Waals surface area contributed by atoms with Gasteiger partial charge in [-0.15, -0.1) is 0 Å². The van der Waals surface area contributed by atoms with E-state index < -0.39 is 5.91 Å². The van der Waals surface area contributed by atoms with Crippen molar-refractivity contribution in [2.45, 2.75) is 39.2 Å². The van der Waals surface area contributed by atoms with E-state index in [-0.39, 0.29) is 11.7 Å². The monoisotopic (exact) mass is 372 g/mol. The number of hydrogen-bond acceptors (Lipinski definition) is 5. The van der Waals surface area contributed by atoms with E-state index in [0.717, 1.165) is 25.9 Å². The smallest absolute Gasteiger partial charge is 0.262 e. The Morgan fingerprint density at radius 3 is 2.89 bits per heavy atom. The normalized spacial score (nSPS) is 16.9. The van der Waals surface area contributed by atoms with Gasteiger partial charge in [-0.2, -0.15) is 5.26 Å². The molecule has 2 rings (SSSR count). The van der Waals surface area contributed by atoms with Gasteiger partial charge in [-0.1, -0.05) is 19.9 Å². The Labute approximate surface area is 161 Å². The van der Waals surface area contributed by atoms with Crippen molar-refractivity contribution in [1.82, 2.24) is 5.32 Å². The standard InChI is InChI=1S/C21H28N2O4/c1-15(2)8-10-27-19-7-6-16(12-20(19)25-3)11-17(13-22)21(24)23-14-18-5-4-9-26-18/h6-7,11-12,15,18H,4-5,8-10,14H2,1-3H3,(H,23,24)/b17-11+/t18-/m0/s1. The van der Waals surface area contributed by atoms with E-state index in [1.165, 1.54) is 0 Å². The van der Waals surface area contributed by atoms with Gasteiger partial charge in [0.2, 0.25) is 0 Å². The Bertz CT molecular complexity index is 701. The molecule has 1 aliphatic heterocycles. The third-order valence-electron chi connectivity index (χ3n) is 4.33. The van der Waals surface area contributed by atoms with Gasteiger partial charge in [-0.3, -0.25) is 4.79 Å². The van der Waals surface area contributed by atoms with Crippen LogP contribution < -0.4 is 14.8 Å². The predicted molar refractivity (Wildman–Crippen MR) is 104 cm³/mol. The SMILES string of the molecule is COc1cc(/C=C(\C#N)C(=O)NC[C@@H]2CCCO2)ccc1OCCC(C)C. The van der Waals surface area contributed by atoms with Crippen LogP contribution in [0.5, 0.6) is 11.5 Å². The van der Waals surface area contributed by atoms with Crippen molar-refractivity contribution in [2.75, 3.05) is 26.9 Å². The number of nitrogens with one attached hydrogen (secondary N) is 1. The van der Waals surface area contributed by atoms with Gasteiger partial charge < -0.3 is 19.5 Å². The highest BCUT2D eigenvalue weighted by molar-refractivity contribution is 6.01. The first-order valence-corrected chi connectivity index (χ1v) is 9.36.